The molecule has 0 amide bonds. The van der Waals surface area contributed by atoms with Crippen LogP contribution in [0.4, 0.5) is 0 Å². The highest BCUT2D eigenvalue weighted by Gasteiger charge is 2.27. The third-order valence-electron chi connectivity index (χ3n) is 5.34. The minimum Gasteiger partial charge on any atom is -0.466 e. The first kappa shape index (κ1) is 21.5. The minimum absolute atomic E-state index is 0.0138. The van der Waals surface area contributed by atoms with Gasteiger partial charge < -0.3 is 19.5 Å². The summed E-state index contributed by atoms with van der Waals surface area (Å²) in [4.78, 5) is 14.1. The maximum Gasteiger partial charge on any atom is 0.309 e. The minimum atomic E-state index is -0.580. The molecule has 1 atom stereocenters. The molecule has 29 heavy (non-hydrogen) atoms. The molecule has 1 aliphatic heterocycles. The van der Waals surface area contributed by atoms with Crippen LogP contribution in [0, 0.1) is 5.92 Å². The molecule has 1 aliphatic rings. The van der Waals surface area contributed by atoms with Gasteiger partial charge in [0, 0.05) is 6.54 Å². The molecule has 2 aromatic carbocycles. The van der Waals surface area contributed by atoms with Crippen molar-refractivity contribution < 1.29 is 19.4 Å². The monoisotopic (exact) mass is 397 g/mol. The predicted molar refractivity (Wildman–Crippen MR) is 112 cm³/mol. The van der Waals surface area contributed by atoms with Gasteiger partial charge in [-0.05, 0) is 44.0 Å². The van der Waals surface area contributed by atoms with Gasteiger partial charge in [0.2, 0.25) is 0 Å². The second-order valence-corrected chi connectivity index (χ2v) is 7.52. The molecule has 5 nitrogen and oxygen atoms in total. The number of ether oxygens (including phenoxy) is 2. The van der Waals surface area contributed by atoms with Gasteiger partial charge in [0.25, 0.3) is 0 Å². The molecule has 0 aliphatic carbocycles. The highest BCUT2D eigenvalue weighted by molar-refractivity contribution is 5.72. The molecule has 0 bridgehead atoms. The van der Waals surface area contributed by atoms with Gasteiger partial charge >= 0.3 is 5.97 Å². The lowest BCUT2D eigenvalue weighted by Crippen LogP contribution is -2.42. The van der Waals surface area contributed by atoms with E-state index in [0.717, 1.165) is 37.1 Å². The van der Waals surface area contributed by atoms with Crippen molar-refractivity contribution in [1.82, 2.24) is 4.90 Å². The zero-order valence-corrected chi connectivity index (χ0v) is 17.1. The van der Waals surface area contributed by atoms with Crippen LogP contribution in [-0.4, -0.2) is 54.9 Å². The topological polar surface area (TPSA) is 59.0 Å². The highest BCUT2D eigenvalue weighted by Crippen LogP contribution is 2.26. The molecule has 0 unspecified atom stereocenters. The van der Waals surface area contributed by atoms with Crippen molar-refractivity contribution in [3.05, 3.63) is 71.8 Å². The van der Waals surface area contributed by atoms with Gasteiger partial charge in [0.1, 0.15) is 6.10 Å². The molecule has 1 saturated heterocycles. The maximum atomic E-state index is 11.9. The number of esters is 1. The summed E-state index contributed by atoms with van der Waals surface area (Å²) >= 11 is 0. The summed E-state index contributed by atoms with van der Waals surface area (Å²) in [6.07, 6.45) is 0.775. The zero-order chi connectivity index (χ0) is 20.5. The number of hydrogen-bond acceptors (Lipinski definition) is 5. The van der Waals surface area contributed by atoms with E-state index in [9.17, 15) is 9.90 Å². The number of benzene rings is 2. The van der Waals surface area contributed by atoms with Crippen LogP contribution in [0.15, 0.2) is 60.7 Å². The standard InChI is InChI=1S/C24H31NO4/c1-2-28-24(27)21-13-15-25(16-14-21)17-22(26)18-29-23(19-9-5-3-6-10-19)20-11-7-4-8-12-20/h3-12,21-23,26H,2,13-18H2,1H3/t22-/m0/s1. The van der Waals surface area contributed by atoms with Crippen LogP contribution in [0.25, 0.3) is 0 Å². The summed E-state index contributed by atoms with van der Waals surface area (Å²) < 4.78 is 11.3. The molecule has 2 aromatic rings. The van der Waals surface area contributed by atoms with E-state index in [0.29, 0.717) is 13.2 Å². The Morgan fingerprint density at radius 3 is 2.10 bits per heavy atom. The van der Waals surface area contributed by atoms with Crippen molar-refractivity contribution in [3.8, 4) is 0 Å². The summed E-state index contributed by atoms with van der Waals surface area (Å²) in [6, 6.07) is 20.2. The Balaban J connectivity index is 1.51. The van der Waals surface area contributed by atoms with Gasteiger partial charge in [0.05, 0.1) is 25.2 Å². The van der Waals surface area contributed by atoms with Crippen LogP contribution in [0.1, 0.15) is 37.0 Å². The van der Waals surface area contributed by atoms with E-state index < -0.39 is 6.10 Å². The van der Waals surface area contributed by atoms with Crippen LogP contribution in [-0.2, 0) is 14.3 Å². The summed E-state index contributed by atoms with van der Waals surface area (Å²) in [5, 5.41) is 10.5. The van der Waals surface area contributed by atoms with Gasteiger partial charge in [-0.2, -0.15) is 0 Å². The number of rotatable bonds is 9. The van der Waals surface area contributed by atoms with E-state index in [-0.39, 0.29) is 24.6 Å². The van der Waals surface area contributed by atoms with E-state index in [1.807, 2.05) is 67.6 Å². The lowest BCUT2D eigenvalue weighted by Gasteiger charge is -2.32. The summed E-state index contributed by atoms with van der Waals surface area (Å²) in [5.41, 5.74) is 2.14. The fraction of sp³-hybridized carbons (Fsp3) is 0.458. The van der Waals surface area contributed by atoms with Gasteiger partial charge in [-0.15, -0.1) is 0 Å². The molecule has 1 fully saturated rings. The Hall–Kier alpha value is -2.21. The average molecular weight is 398 g/mol. The van der Waals surface area contributed by atoms with E-state index in [2.05, 4.69) is 4.90 Å². The van der Waals surface area contributed by atoms with E-state index in [4.69, 9.17) is 9.47 Å². The molecule has 3 rings (SSSR count). The molecule has 1 N–H and O–H groups in total. The Morgan fingerprint density at radius 1 is 1.03 bits per heavy atom. The zero-order valence-electron chi connectivity index (χ0n) is 17.1. The molecule has 5 heteroatoms. The van der Waals surface area contributed by atoms with Crippen molar-refractivity contribution in [1.29, 1.82) is 0 Å². The first-order valence-corrected chi connectivity index (χ1v) is 10.5. The maximum absolute atomic E-state index is 11.9. The number of carbonyl (C=O) groups excluding carboxylic acids is 1. The van der Waals surface area contributed by atoms with Crippen LogP contribution in [0.2, 0.25) is 0 Å². The second-order valence-electron chi connectivity index (χ2n) is 7.52. The van der Waals surface area contributed by atoms with Crippen molar-refractivity contribution >= 4 is 5.97 Å². The number of carbonyl (C=O) groups is 1. The molecular weight excluding hydrogens is 366 g/mol. The van der Waals surface area contributed by atoms with Crippen LogP contribution in [0.5, 0.6) is 0 Å². The number of aliphatic hydroxyl groups excluding tert-OH is 1. The average Bonchev–Trinajstić information content (AvgIpc) is 2.76. The first-order chi connectivity index (χ1) is 14.2. The molecular formula is C24H31NO4. The molecule has 0 saturated carbocycles. The van der Waals surface area contributed by atoms with Crippen molar-refractivity contribution in [3.63, 3.8) is 0 Å². The second kappa shape index (κ2) is 11.1. The van der Waals surface area contributed by atoms with Crippen molar-refractivity contribution in [2.45, 2.75) is 32.0 Å². The van der Waals surface area contributed by atoms with Crippen LogP contribution in [0.3, 0.4) is 0 Å². The fourth-order valence-corrected chi connectivity index (χ4v) is 3.81. The summed E-state index contributed by atoms with van der Waals surface area (Å²) in [5.74, 6) is -0.107. The van der Waals surface area contributed by atoms with Crippen molar-refractivity contribution in [2.24, 2.45) is 5.92 Å². The largest absolute Gasteiger partial charge is 0.466 e. The number of nitrogens with zero attached hydrogens (tertiary/aromatic N) is 1. The molecule has 156 valence electrons. The normalized spacial score (nSPS) is 16.7. The smallest absolute Gasteiger partial charge is 0.309 e. The van der Waals surface area contributed by atoms with E-state index in [1.54, 1.807) is 0 Å². The number of hydrogen-bond donors (Lipinski definition) is 1. The van der Waals surface area contributed by atoms with Gasteiger partial charge in [-0.1, -0.05) is 60.7 Å². The van der Waals surface area contributed by atoms with Gasteiger partial charge in [0.15, 0.2) is 0 Å². The van der Waals surface area contributed by atoms with Crippen LogP contribution >= 0.6 is 0 Å². The van der Waals surface area contributed by atoms with E-state index >= 15 is 0 Å². The number of β-amino-alcohol motifs (C(OH)–C–C–N with tert-alkyl or cyclic N) is 1. The number of aliphatic hydroxyl groups is 1. The SMILES string of the molecule is CCOC(=O)C1CCN(C[C@H](O)COC(c2ccccc2)c2ccccc2)CC1. The molecule has 0 aromatic heterocycles. The van der Waals surface area contributed by atoms with Crippen LogP contribution < -0.4 is 0 Å². The lowest BCUT2D eigenvalue weighted by atomic mass is 9.97. The number of piperidine rings is 1. The van der Waals surface area contributed by atoms with Gasteiger partial charge in [-0.25, -0.2) is 0 Å². The fourth-order valence-electron chi connectivity index (χ4n) is 3.81. The van der Waals surface area contributed by atoms with Crippen molar-refractivity contribution in [2.75, 3.05) is 32.8 Å². The van der Waals surface area contributed by atoms with E-state index in [1.165, 1.54) is 0 Å². The molecule has 1 heterocycles. The Morgan fingerprint density at radius 2 is 1.59 bits per heavy atom. The number of likely N-dealkylation sites (tertiary alicyclic amines) is 1. The Kier molecular flexibility index (Phi) is 8.23. The summed E-state index contributed by atoms with van der Waals surface area (Å²) in [6.45, 7) is 4.65. The molecule has 0 spiro atoms. The Labute approximate surface area is 173 Å². The lowest BCUT2D eigenvalue weighted by molar-refractivity contribution is -0.149. The first-order valence-electron chi connectivity index (χ1n) is 10.5. The van der Waals surface area contributed by atoms with Gasteiger partial charge in [-0.3, -0.25) is 4.79 Å². The predicted octanol–water partition coefficient (Wildman–Crippen LogP) is 3.43. The summed E-state index contributed by atoms with van der Waals surface area (Å²) in [7, 11) is 0. The highest BCUT2D eigenvalue weighted by atomic mass is 16.5. The molecule has 0 radical (unpaired) electrons. The third-order valence-corrected chi connectivity index (χ3v) is 5.34. The Bertz CT molecular complexity index is 690. The quantitative estimate of drug-likeness (QED) is 0.657. The third kappa shape index (κ3) is 6.39.